The van der Waals surface area contributed by atoms with Gasteiger partial charge in [-0.25, -0.2) is 0 Å². The van der Waals surface area contributed by atoms with Crippen LogP contribution in [0.3, 0.4) is 0 Å². The van der Waals surface area contributed by atoms with Gasteiger partial charge in [-0.2, -0.15) is 5.10 Å². The Kier molecular flexibility index (Phi) is 4.62. The SMILES string of the molecule is CCc1nn(C)c(COc2cccc(C(N)=S)c2)c1Cl. The molecule has 0 aliphatic carbocycles. The van der Waals surface area contributed by atoms with Crippen molar-refractivity contribution in [2.45, 2.75) is 20.0 Å². The van der Waals surface area contributed by atoms with E-state index in [0.29, 0.717) is 22.4 Å². The molecule has 4 nitrogen and oxygen atoms in total. The molecule has 0 spiro atoms. The van der Waals surface area contributed by atoms with Crippen LogP contribution in [0.2, 0.25) is 5.02 Å². The van der Waals surface area contributed by atoms with Crippen molar-refractivity contribution in [3.8, 4) is 5.75 Å². The number of hydrogen-bond acceptors (Lipinski definition) is 3. The lowest BCUT2D eigenvalue weighted by atomic mass is 10.2. The minimum Gasteiger partial charge on any atom is -0.487 e. The van der Waals surface area contributed by atoms with E-state index < -0.39 is 0 Å². The Labute approximate surface area is 128 Å². The van der Waals surface area contributed by atoms with Crippen LogP contribution in [0.1, 0.15) is 23.9 Å². The molecule has 0 bridgehead atoms. The maximum atomic E-state index is 6.27. The summed E-state index contributed by atoms with van der Waals surface area (Å²) in [6, 6.07) is 7.37. The summed E-state index contributed by atoms with van der Waals surface area (Å²) in [6.07, 6.45) is 0.795. The molecule has 1 aromatic heterocycles. The molecule has 1 aromatic carbocycles. The minimum atomic E-state index is 0.349. The van der Waals surface area contributed by atoms with Gasteiger partial charge in [0.1, 0.15) is 17.3 Å². The molecule has 2 rings (SSSR count). The first kappa shape index (κ1) is 14.8. The topological polar surface area (TPSA) is 53.1 Å². The monoisotopic (exact) mass is 309 g/mol. The van der Waals surface area contributed by atoms with Crippen LogP contribution >= 0.6 is 23.8 Å². The van der Waals surface area contributed by atoms with E-state index in [4.69, 9.17) is 34.3 Å². The number of benzene rings is 1. The Balaban J connectivity index is 2.15. The van der Waals surface area contributed by atoms with Crippen molar-refractivity contribution in [3.63, 3.8) is 0 Å². The third kappa shape index (κ3) is 3.11. The van der Waals surface area contributed by atoms with Crippen LogP contribution < -0.4 is 10.5 Å². The third-order valence-electron chi connectivity index (χ3n) is 3.00. The Morgan fingerprint density at radius 3 is 2.85 bits per heavy atom. The number of nitrogens with two attached hydrogens (primary N) is 1. The highest BCUT2D eigenvalue weighted by Crippen LogP contribution is 2.23. The molecule has 0 aliphatic heterocycles. The Bertz CT molecular complexity index is 639. The summed E-state index contributed by atoms with van der Waals surface area (Å²) in [6.45, 7) is 2.37. The highest BCUT2D eigenvalue weighted by molar-refractivity contribution is 7.80. The van der Waals surface area contributed by atoms with E-state index in [1.807, 2.05) is 38.2 Å². The average Bonchev–Trinajstić information content (AvgIpc) is 2.71. The number of nitrogens with zero attached hydrogens (tertiary/aromatic N) is 2. The summed E-state index contributed by atoms with van der Waals surface area (Å²) in [4.78, 5) is 0.349. The number of rotatable bonds is 5. The van der Waals surface area contributed by atoms with Gasteiger partial charge in [-0.3, -0.25) is 4.68 Å². The second-order valence-electron chi connectivity index (χ2n) is 4.37. The van der Waals surface area contributed by atoms with Crippen LogP contribution in [0, 0.1) is 0 Å². The summed E-state index contributed by atoms with van der Waals surface area (Å²) in [7, 11) is 1.86. The van der Waals surface area contributed by atoms with Gasteiger partial charge in [-0.1, -0.05) is 42.9 Å². The first-order chi connectivity index (χ1) is 9.52. The van der Waals surface area contributed by atoms with Crippen molar-refractivity contribution in [3.05, 3.63) is 46.2 Å². The highest BCUT2D eigenvalue weighted by atomic mass is 35.5. The lowest BCUT2D eigenvalue weighted by molar-refractivity contribution is 0.295. The molecule has 2 N–H and O–H groups in total. The van der Waals surface area contributed by atoms with E-state index in [-0.39, 0.29) is 0 Å². The molecule has 0 atom stereocenters. The predicted molar refractivity (Wildman–Crippen MR) is 84.3 cm³/mol. The summed E-state index contributed by atoms with van der Waals surface area (Å²) < 4.78 is 7.49. The van der Waals surface area contributed by atoms with Gasteiger partial charge in [-0.15, -0.1) is 0 Å². The molecule has 0 saturated heterocycles. The van der Waals surface area contributed by atoms with E-state index in [2.05, 4.69) is 5.10 Å². The van der Waals surface area contributed by atoms with Gasteiger partial charge in [0.2, 0.25) is 0 Å². The Hall–Kier alpha value is -1.59. The maximum absolute atomic E-state index is 6.27. The summed E-state index contributed by atoms with van der Waals surface area (Å²) in [5.74, 6) is 0.700. The van der Waals surface area contributed by atoms with Crippen molar-refractivity contribution < 1.29 is 4.74 Å². The molecule has 20 heavy (non-hydrogen) atoms. The standard InChI is InChI=1S/C14H16ClN3OS/c1-3-11-13(15)12(18(2)17-11)8-19-10-6-4-5-9(7-10)14(16)20/h4-7H,3,8H2,1-2H3,(H2,16,20). The number of thiocarbonyl (C=S) groups is 1. The lowest BCUT2D eigenvalue weighted by Crippen LogP contribution is -2.09. The normalized spacial score (nSPS) is 10.6. The van der Waals surface area contributed by atoms with E-state index in [0.717, 1.165) is 23.4 Å². The van der Waals surface area contributed by atoms with Crippen molar-refractivity contribution in [1.82, 2.24) is 9.78 Å². The van der Waals surface area contributed by atoms with Gasteiger partial charge in [0, 0.05) is 12.6 Å². The van der Waals surface area contributed by atoms with Gasteiger partial charge in [0.05, 0.1) is 16.4 Å². The second-order valence-corrected chi connectivity index (χ2v) is 5.18. The molecule has 0 fully saturated rings. The van der Waals surface area contributed by atoms with Crippen LogP contribution in [0.5, 0.6) is 5.75 Å². The van der Waals surface area contributed by atoms with Gasteiger partial charge in [0.15, 0.2) is 0 Å². The molecule has 0 saturated carbocycles. The number of aromatic nitrogens is 2. The fourth-order valence-corrected chi connectivity index (χ4v) is 2.34. The zero-order valence-electron chi connectivity index (χ0n) is 11.4. The van der Waals surface area contributed by atoms with Crippen LogP contribution in [-0.4, -0.2) is 14.8 Å². The van der Waals surface area contributed by atoms with Crippen molar-refractivity contribution in [2.75, 3.05) is 0 Å². The first-order valence-electron chi connectivity index (χ1n) is 6.25. The second kappa shape index (κ2) is 6.24. The summed E-state index contributed by atoms with van der Waals surface area (Å²) in [5, 5.41) is 5.02. The Morgan fingerprint density at radius 1 is 1.50 bits per heavy atom. The zero-order valence-corrected chi connectivity index (χ0v) is 13.0. The van der Waals surface area contributed by atoms with Crippen LogP contribution in [0.25, 0.3) is 0 Å². The smallest absolute Gasteiger partial charge is 0.131 e. The number of ether oxygens (including phenoxy) is 1. The zero-order chi connectivity index (χ0) is 14.7. The molecule has 0 radical (unpaired) electrons. The van der Waals surface area contributed by atoms with Crippen LogP contribution in [0.15, 0.2) is 24.3 Å². The first-order valence-corrected chi connectivity index (χ1v) is 7.04. The molecular formula is C14H16ClN3OS. The van der Waals surface area contributed by atoms with Crippen molar-refractivity contribution >= 4 is 28.8 Å². The molecule has 106 valence electrons. The quantitative estimate of drug-likeness (QED) is 0.863. The van der Waals surface area contributed by atoms with E-state index in [1.165, 1.54) is 0 Å². The van der Waals surface area contributed by atoms with Crippen LogP contribution in [-0.2, 0) is 20.1 Å². The van der Waals surface area contributed by atoms with E-state index in [1.54, 1.807) is 4.68 Å². The number of aryl methyl sites for hydroxylation is 2. The van der Waals surface area contributed by atoms with Gasteiger partial charge < -0.3 is 10.5 Å². The predicted octanol–water partition coefficient (Wildman–Crippen LogP) is 2.85. The number of halogens is 1. The fraction of sp³-hybridized carbons (Fsp3) is 0.286. The molecule has 1 heterocycles. The molecule has 6 heteroatoms. The maximum Gasteiger partial charge on any atom is 0.131 e. The molecular weight excluding hydrogens is 294 g/mol. The number of hydrogen-bond donors (Lipinski definition) is 1. The molecule has 0 unspecified atom stereocenters. The fourth-order valence-electron chi connectivity index (χ4n) is 1.87. The van der Waals surface area contributed by atoms with Gasteiger partial charge >= 0.3 is 0 Å². The highest BCUT2D eigenvalue weighted by Gasteiger charge is 2.13. The van der Waals surface area contributed by atoms with E-state index in [9.17, 15) is 0 Å². The van der Waals surface area contributed by atoms with E-state index >= 15 is 0 Å². The summed E-state index contributed by atoms with van der Waals surface area (Å²) >= 11 is 11.2. The van der Waals surface area contributed by atoms with Gasteiger partial charge in [0.25, 0.3) is 0 Å². The molecule has 0 aliphatic rings. The van der Waals surface area contributed by atoms with Crippen molar-refractivity contribution in [1.29, 1.82) is 0 Å². The van der Waals surface area contributed by atoms with Crippen LogP contribution in [0.4, 0.5) is 0 Å². The largest absolute Gasteiger partial charge is 0.487 e. The summed E-state index contributed by atoms with van der Waals surface area (Å²) in [5.41, 5.74) is 8.11. The Morgan fingerprint density at radius 2 is 2.25 bits per heavy atom. The van der Waals surface area contributed by atoms with Crippen molar-refractivity contribution in [2.24, 2.45) is 12.8 Å². The molecule has 2 aromatic rings. The lowest BCUT2D eigenvalue weighted by Gasteiger charge is -2.08. The average molecular weight is 310 g/mol. The minimum absolute atomic E-state index is 0.349. The molecule has 0 amide bonds. The third-order valence-corrected chi connectivity index (χ3v) is 3.67. The van der Waals surface area contributed by atoms with Gasteiger partial charge in [-0.05, 0) is 18.6 Å².